The summed E-state index contributed by atoms with van der Waals surface area (Å²) in [5.41, 5.74) is 5.73. The van der Waals surface area contributed by atoms with Crippen LogP contribution in [0, 0.1) is 6.92 Å². The maximum absolute atomic E-state index is 12.7. The summed E-state index contributed by atoms with van der Waals surface area (Å²) in [7, 11) is -3.18. The number of ether oxygens (including phenoxy) is 1. The monoisotopic (exact) mass is 480 g/mol. The molecule has 1 saturated heterocycles. The van der Waals surface area contributed by atoms with Gasteiger partial charge in [0.05, 0.1) is 36.3 Å². The van der Waals surface area contributed by atoms with E-state index in [0.717, 1.165) is 39.7 Å². The van der Waals surface area contributed by atoms with E-state index in [4.69, 9.17) is 4.74 Å². The van der Waals surface area contributed by atoms with Gasteiger partial charge in [-0.2, -0.15) is 9.40 Å². The molecule has 3 heterocycles. The van der Waals surface area contributed by atoms with Crippen molar-refractivity contribution >= 4 is 32.4 Å². The number of aryl methyl sites for hydroxylation is 1. The van der Waals surface area contributed by atoms with Crippen LogP contribution in [0.2, 0.25) is 0 Å². The van der Waals surface area contributed by atoms with Crippen molar-refractivity contribution in [3.63, 3.8) is 0 Å². The third-order valence-corrected chi connectivity index (χ3v) is 7.79. The van der Waals surface area contributed by atoms with Crippen LogP contribution in [0.25, 0.3) is 22.2 Å². The van der Waals surface area contributed by atoms with E-state index in [-0.39, 0.29) is 11.9 Å². The first-order valence-corrected chi connectivity index (χ1v) is 13.3. The number of aromatic nitrogens is 2. The minimum absolute atomic E-state index is 0.0568. The predicted octanol–water partition coefficient (Wildman–Crippen LogP) is 2.90. The highest BCUT2D eigenvalue weighted by Gasteiger charge is 2.22. The molecule has 9 heteroatoms. The predicted molar refractivity (Wildman–Crippen MR) is 132 cm³/mol. The zero-order valence-electron chi connectivity index (χ0n) is 19.3. The maximum Gasteiger partial charge on any atom is 0.251 e. The molecule has 5 rings (SSSR count). The quantitative estimate of drug-likeness (QED) is 0.606. The number of fused-ring (bicyclic) bond motifs is 1. The number of rotatable bonds is 5. The van der Waals surface area contributed by atoms with E-state index in [1.807, 2.05) is 35.2 Å². The lowest BCUT2D eigenvalue weighted by molar-refractivity contribution is 0.0930. The molecular weight excluding hydrogens is 452 g/mol. The fourth-order valence-corrected chi connectivity index (χ4v) is 5.39. The van der Waals surface area contributed by atoms with Gasteiger partial charge in [-0.25, -0.2) is 13.1 Å². The zero-order chi connectivity index (χ0) is 23.9. The third-order valence-electron chi connectivity index (χ3n) is 6.52. The van der Waals surface area contributed by atoms with Crippen molar-refractivity contribution in [2.24, 2.45) is 0 Å². The Labute approximate surface area is 199 Å². The van der Waals surface area contributed by atoms with Crippen LogP contribution in [0.15, 0.2) is 48.7 Å². The molecule has 0 radical (unpaired) electrons. The minimum Gasteiger partial charge on any atom is -0.379 e. The molecule has 8 nitrogen and oxygen atoms in total. The summed E-state index contributed by atoms with van der Waals surface area (Å²) in [6.45, 7) is 4.18. The highest BCUT2D eigenvalue weighted by atomic mass is 32.2. The maximum atomic E-state index is 12.7. The summed E-state index contributed by atoms with van der Waals surface area (Å²) in [6.07, 6.45) is 6.59. The molecule has 0 saturated carbocycles. The highest BCUT2D eigenvalue weighted by Crippen LogP contribution is 2.30. The molecule has 2 aromatic carbocycles. The van der Waals surface area contributed by atoms with Gasteiger partial charge >= 0.3 is 0 Å². The number of nitrogens with zero attached hydrogens (tertiary/aromatic N) is 3. The van der Waals surface area contributed by atoms with Crippen molar-refractivity contribution < 1.29 is 17.9 Å². The van der Waals surface area contributed by atoms with Gasteiger partial charge in [0, 0.05) is 30.6 Å². The summed E-state index contributed by atoms with van der Waals surface area (Å²) >= 11 is 0. The van der Waals surface area contributed by atoms with Crippen molar-refractivity contribution in [1.82, 2.24) is 19.4 Å². The van der Waals surface area contributed by atoms with Gasteiger partial charge in [0.15, 0.2) is 0 Å². The van der Waals surface area contributed by atoms with Crippen LogP contribution in [-0.4, -0.2) is 67.0 Å². The Morgan fingerprint density at radius 3 is 2.79 bits per heavy atom. The van der Waals surface area contributed by atoms with Crippen molar-refractivity contribution in [2.75, 3.05) is 32.6 Å². The number of benzene rings is 2. The van der Waals surface area contributed by atoms with Gasteiger partial charge in [-0.1, -0.05) is 12.1 Å². The molecule has 0 spiro atoms. The summed E-state index contributed by atoms with van der Waals surface area (Å²) in [5.74, 6) is -0.111. The highest BCUT2D eigenvalue weighted by molar-refractivity contribution is 7.88. The Morgan fingerprint density at radius 1 is 1.24 bits per heavy atom. The van der Waals surface area contributed by atoms with Crippen LogP contribution in [0.5, 0.6) is 0 Å². The number of amides is 1. The Morgan fingerprint density at radius 2 is 2.09 bits per heavy atom. The van der Waals surface area contributed by atoms with Crippen LogP contribution in [-0.2, 0) is 14.8 Å². The van der Waals surface area contributed by atoms with Gasteiger partial charge in [-0.05, 0) is 66.8 Å². The molecule has 1 amide bonds. The molecular formula is C25H28N4O4S. The Bertz CT molecular complexity index is 1390. The van der Waals surface area contributed by atoms with Crippen LogP contribution < -0.4 is 5.32 Å². The molecule has 0 bridgehead atoms. The van der Waals surface area contributed by atoms with Gasteiger partial charge in [-0.3, -0.25) is 4.79 Å². The van der Waals surface area contributed by atoms with E-state index in [0.29, 0.717) is 38.3 Å². The average Bonchev–Trinajstić information content (AvgIpc) is 3.48. The first-order chi connectivity index (χ1) is 16.3. The van der Waals surface area contributed by atoms with Crippen molar-refractivity contribution in [2.45, 2.75) is 25.8 Å². The molecule has 34 heavy (non-hydrogen) atoms. The topological polar surface area (TPSA) is 93.5 Å². The summed E-state index contributed by atoms with van der Waals surface area (Å²) in [4.78, 5) is 12.7. The summed E-state index contributed by atoms with van der Waals surface area (Å²) in [6, 6.07) is 11.7. The fraction of sp³-hybridized carbons (Fsp3) is 0.360. The largest absolute Gasteiger partial charge is 0.379 e. The molecule has 3 aromatic rings. The Hall–Kier alpha value is -3.01. The zero-order valence-corrected chi connectivity index (χ0v) is 20.1. The molecule has 178 valence electrons. The van der Waals surface area contributed by atoms with Crippen LogP contribution in [0.1, 0.15) is 34.3 Å². The number of hydrogen-bond donors (Lipinski definition) is 1. The Kier molecular flexibility index (Phi) is 6.01. The van der Waals surface area contributed by atoms with Crippen molar-refractivity contribution in [3.05, 3.63) is 65.4 Å². The molecule has 1 atom stereocenters. The van der Waals surface area contributed by atoms with E-state index in [2.05, 4.69) is 29.5 Å². The first kappa shape index (κ1) is 22.8. The molecule has 0 aliphatic carbocycles. The number of hydrogen-bond acceptors (Lipinski definition) is 5. The standard InChI is InChI=1S/C25H28N4O4S/c1-17-12-24-20(14-23(17)18-6-9-28(10-7-18)34(2,31)32)15-26-29(24)22-5-3-4-19(13-22)25(30)27-21-8-11-33-16-21/h3-6,12-15,21H,7-11,16H2,1-2H3,(H,27,30). The van der Waals surface area contributed by atoms with Gasteiger partial charge < -0.3 is 10.1 Å². The lowest BCUT2D eigenvalue weighted by Crippen LogP contribution is -2.35. The SMILES string of the molecule is Cc1cc2c(cnn2-c2cccc(C(=O)NC3CCOC3)c2)cc1C1=CCN(S(C)(=O)=O)CC1. The van der Waals surface area contributed by atoms with E-state index in [9.17, 15) is 13.2 Å². The van der Waals surface area contributed by atoms with E-state index in [1.54, 1.807) is 6.07 Å². The number of carbonyl (C=O) groups is 1. The molecule has 2 aliphatic rings. The summed E-state index contributed by atoms with van der Waals surface area (Å²) in [5, 5.41) is 8.62. The lowest BCUT2D eigenvalue weighted by atomic mass is 9.95. The van der Waals surface area contributed by atoms with Gasteiger partial charge in [0.2, 0.25) is 10.0 Å². The van der Waals surface area contributed by atoms with E-state index in [1.165, 1.54) is 10.6 Å². The molecule has 1 fully saturated rings. The van der Waals surface area contributed by atoms with Crippen molar-refractivity contribution in [3.8, 4) is 5.69 Å². The number of nitrogens with one attached hydrogen (secondary N) is 1. The van der Waals surface area contributed by atoms with Crippen molar-refractivity contribution in [1.29, 1.82) is 0 Å². The van der Waals surface area contributed by atoms with Gasteiger partial charge in [0.25, 0.3) is 5.91 Å². The molecule has 1 unspecified atom stereocenters. The molecule has 1 aromatic heterocycles. The molecule has 1 N–H and O–H groups in total. The number of sulfonamides is 1. The van der Waals surface area contributed by atoms with Gasteiger partial charge in [0.1, 0.15) is 0 Å². The Balaban J connectivity index is 1.42. The second-order valence-corrected chi connectivity index (χ2v) is 10.9. The number of carbonyl (C=O) groups excluding carboxylic acids is 1. The fourth-order valence-electron chi connectivity index (χ4n) is 4.62. The van der Waals surface area contributed by atoms with E-state index >= 15 is 0 Å². The second kappa shape index (κ2) is 8.98. The first-order valence-electron chi connectivity index (χ1n) is 11.4. The normalized spacial score (nSPS) is 19.4. The smallest absolute Gasteiger partial charge is 0.251 e. The third kappa shape index (κ3) is 4.51. The molecule has 2 aliphatic heterocycles. The van der Waals surface area contributed by atoms with Crippen LogP contribution >= 0.6 is 0 Å². The second-order valence-electron chi connectivity index (χ2n) is 8.97. The van der Waals surface area contributed by atoms with Crippen LogP contribution in [0.4, 0.5) is 0 Å². The van der Waals surface area contributed by atoms with Gasteiger partial charge in [-0.15, -0.1) is 0 Å². The van der Waals surface area contributed by atoms with Crippen LogP contribution in [0.3, 0.4) is 0 Å². The lowest BCUT2D eigenvalue weighted by Gasteiger charge is -2.25. The summed E-state index contributed by atoms with van der Waals surface area (Å²) < 4.78 is 32.3. The minimum atomic E-state index is -3.18. The average molecular weight is 481 g/mol. The van der Waals surface area contributed by atoms with E-state index < -0.39 is 10.0 Å².